The van der Waals surface area contributed by atoms with Gasteiger partial charge in [0, 0.05) is 20.1 Å². The molecule has 2 heterocycles. The lowest BCUT2D eigenvalue weighted by molar-refractivity contribution is 0.0564. The van der Waals surface area contributed by atoms with E-state index in [4.69, 9.17) is 10.00 Å². The van der Waals surface area contributed by atoms with Gasteiger partial charge >= 0.3 is 6.03 Å². The largest absolute Gasteiger partial charge is 0.378 e. The van der Waals surface area contributed by atoms with Crippen molar-refractivity contribution in [3.05, 3.63) is 11.8 Å². The molecule has 0 spiro atoms. The van der Waals surface area contributed by atoms with E-state index < -0.39 is 0 Å². The van der Waals surface area contributed by atoms with E-state index in [1.165, 1.54) is 10.9 Å². The molecular formula is C10H13N5O2. The Kier molecular flexibility index (Phi) is 3.25. The second-order valence-electron chi connectivity index (χ2n) is 3.67. The number of carbonyl (C=O) groups is 1. The van der Waals surface area contributed by atoms with E-state index in [2.05, 4.69) is 10.4 Å². The minimum absolute atomic E-state index is 0.228. The third kappa shape index (κ3) is 2.37. The number of hydrogen-bond acceptors (Lipinski definition) is 4. The SMILES string of the molecule is Cn1ncc(C#N)c1NC(=O)N1CCOCC1. The van der Waals surface area contributed by atoms with Gasteiger partial charge in [0.1, 0.15) is 17.5 Å². The minimum atomic E-state index is -0.228. The van der Waals surface area contributed by atoms with Crippen LogP contribution in [0.25, 0.3) is 0 Å². The first-order valence-corrected chi connectivity index (χ1v) is 5.28. The number of anilines is 1. The van der Waals surface area contributed by atoms with Crippen LogP contribution in [0.1, 0.15) is 5.56 Å². The summed E-state index contributed by atoms with van der Waals surface area (Å²) in [7, 11) is 1.68. The van der Waals surface area contributed by atoms with Gasteiger partial charge in [0.15, 0.2) is 0 Å². The molecule has 0 saturated carbocycles. The fourth-order valence-electron chi connectivity index (χ4n) is 1.61. The van der Waals surface area contributed by atoms with Crippen molar-refractivity contribution < 1.29 is 9.53 Å². The zero-order valence-corrected chi connectivity index (χ0v) is 9.51. The van der Waals surface area contributed by atoms with E-state index in [-0.39, 0.29) is 6.03 Å². The molecule has 1 aliphatic heterocycles. The Bertz CT molecular complexity index is 456. The quantitative estimate of drug-likeness (QED) is 0.751. The molecule has 0 radical (unpaired) electrons. The molecule has 1 saturated heterocycles. The number of morpholine rings is 1. The Hall–Kier alpha value is -2.07. The molecule has 1 aromatic rings. The maximum atomic E-state index is 11.9. The van der Waals surface area contributed by atoms with Crippen LogP contribution >= 0.6 is 0 Å². The molecule has 7 nitrogen and oxygen atoms in total. The summed E-state index contributed by atoms with van der Waals surface area (Å²) in [6.45, 7) is 2.21. The van der Waals surface area contributed by atoms with Crippen LogP contribution in [0.4, 0.5) is 10.6 Å². The van der Waals surface area contributed by atoms with Crippen molar-refractivity contribution in [2.45, 2.75) is 0 Å². The third-order valence-electron chi connectivity index (χ3n) is 2.58. The summed E-state index contributed by atoms with van der Waals surface area (Å²) in [5, 5.41) is 15.5. The summed E-state index contributed by atoms with van der Waals surface area (Å²) in [6.07, 6.45) is 1.43. The number of aryl methyl sites for hydroxylation is 1. The van der Waals surface area contributed by atoms with Crippen LogP contribution in [0.15, 0.2) is 6.20 Å². The maximum Gasteiger partial charge on any atom is 0.323 e. The number of nitriles is 1. The summed E-state index contributed by atoms with van der Waals surface area (Å²) in [6, 6.07) is 1.76. The predicted molar refractivity (Wildman–Crippen MR) is 59.3 cm³/mol. The number of ether oxygens (including phenoxy) is 1. The highest BCUT2D eigenvalue weighted by atomic mass is 16.5. The van der Waals surface area contributed by atoms with Gasteiger partial charge in [-0.05, 0) is 0 Å². The summed E-state index contributed by atoms with van der Waals surface area (Å²) >= 11 is 0. The highest BCUT2D eigenvalue weighted by Crippen LogP contribution is 2.13. The molecule has 7 heteroatoms. The first-order valence-electron chi connectivity index (χ1n) is 5.28. The van der Waals surface area contributed by atoms with E-state index in [1.807, 2.05) is 6.07 Å². The van der Waals surface area contributed by atoms with Gasteiger partial charge < -0.3 is 9.64 Å². The second-order valence-corrected chi connectivity index (χ2v) is 3.67. The number of carbonyl (C=O) groups excluding carboxylic acids is 1. The van der Waals surface area contributed by atoms with Crippen molar-refractivity contribution in [1.82, 2.24) is 14.7 Å². The van der Waals surface area contributed by atoms with E-state index in [1.54, 1.807) is 11.9 Å². The first kappa shape index (κ1) is 11.4. The molecule has 1 aromatic heterocycles. The maximum absolute atomic E-state index is 11.9. The summed E-state index contributed by atoms with van der Waals surface area (Å²) in [5.41, 5.74) is 0.356. The Balaban J connectivity index is 2.07. The van der Waals surface area contributed by atoms with Crippen LogP contribution in [-0.2, 0) is 11.8 Å². The molecule has 90 valence electrons. The molecule has 0 unspecified atom stereocenters. The van der Waals surface area contributed by atoms with Gasteiger partial charge in [0.05, 0.1) is 19.4 Å². The van der Waals surface area contributed by atoms with Gasteiger partial charge in [-0.2, -0.15) is 10.4 Å². The molecule has 2 rings (SSSR count). The standard InChI is InChI=1S/C10H13N5O2/c1-14-9(8(6-11)7-12-14)13-10(16)15-2-4-17-5-3-15/h7H,2-5H2,1H3,(H,13,16). The van der Waals surface area contributed by atoms with Gasteiger partial charge in [-0.25, -0.2) is 4.79 Å². The fraction of sp³-hybridized carbons (Fsp3) is 0.500. The molecule has 0 aliphatic carbocycles. The van der Waals surface area contributed by atoms with Gasteiger partial charge in [-0.1, -0.05) is 0 Å². The Morgan fingerprint density at radius 1 is 1.59 bits per heavy atom. The van der Waals surface area contributed by atoms with Crippen molar-refractivity contribution in [3.8, 4) is 6.07 Å². The van der Waals surface area contributed by atoms with Crippen LogP contribution in [0.3, 0.4) is 0 Å². The molecule has 2 amide bonds. The molecule has 0 bridgehead atoms. The average molecular weight is 235 g/mol. The third-order valence-corrected chi connectivity index (χ3v) is 2.58. The Morgan fingerprint density at radius 3 is 2.94 bits per heavy atom. The highest BCUT2D eigenvalue weighted by Gasteiger charge is 2.19. The van der Waals surface area contributed by atoms with Crippen LogP contribution < -0.4 is 5.32 Å². The molecular weight excluding hydrogens is 222 g/mol. The van der Waals surface area contributed by atoms with E-state index in [9.17, 15) is 4.79 Å². The zero-order valence-electron chi connectivity index (χ0n) is 9.51. The fourth-order valence-corrected chi connectivity index (χ4v) is 1.61. The number of nitrogens with zero attached hydrogens (tertiary/aromatic N) is 4. The highest BCUT2D eigenvalue weighted by molar-refractivity contribution is 5.89. The number of urea groups is 1. The van der Waals surface area contributed by atoms with E-state index in [0.29, 0.717) is 37.7 Å². The molecule has 0 aromatic carbocycles. The molecule has 1 fully saturated rings. The second kappa shape index (κ2) is 4.84. The zero-order chi connectivity index (χ0) is 12.3. The topological polar surface area (TPSA) is 83.2 Å². The summed E-state index contributed by atoms with van der Waals surface area (Å²) < 4.78 is 6.63. The van der Waals surface area contributed by atoms with E-state index in [0.717, 1.165) is 0 Å². The summed E-state index contributed by atoms with van der Waals surface area (Å²) in [4.78, 5) is 13.5. The normalized spacial score (nSPS) is 15.4. The average Bonchev–Trinajstić information content (AvgIpc) is 2.71. The number of nitrogens with one attached hydrogen (secondary N) is 1. The van der Waals surface area contributed by atoms with Crippen LogP contribution in [0.2, 0.25) is 0 Å². The van der Waals surface area contributed by atoms with Crippen molar-refractivity contribution in [1.29, 1.82) is 5.26 Å². The van der Waals surface area contributed by atoms with Crippen molar-refractivity contribution in [2.75, 3.05) is 31.6 Å². The molecule has 1 aliphatic rings. The monoisotopic (exact) mass is 235 g/mol. The van der Waals surface area contributed by atoms with Gasteiger partial charge in [0.2, 0.25) is 0 Å². The smallest absolute Gasteiger partial charge is 0.323 e. The lowest BCUT2D eigenvalue weighted by atomic mass is 10.3. The van der Waals surface area contributed by atoms with Crippen molar-refractivity contribution in [2.24, 2.45) is 7.05 Å². The van der Waals surface area contributed by atoms with E-state index >= 15 is 0 Å². The van der Waals surface area contributed by atoms with Gasteiger partial charge in [0.25, 0.3) is 0 Å². The number of rotatable bonds is 1. The van der Waals surface area contributed by atoms with Crippen LogP contribution in [-0.4, -0.2) is 47.0 Å². The molecule has 17 heavy (non-hydrogen) atoms. The predicted octanol–water partition coefficient (Wildman–Crippen LogP) is 0.156. The number of hydrogen-bond donors (Lipinski definition) is 1. The molecule has 0 atom stereocenters. The Morgan fingerprint density at radius 2 is 2.29 bits per heavy atom. The summed E-state index contributed by atoms with van der Waals surface area (Å²) in [5.74, 6) is 0.420. The van der Waals surface area contributed by atoms with Gasteiger partial charge in [-0.3, -0.25) is 10.00 Å². The van der Waals surface area contributed by atoms with Crippen molar-refractivity contribution >= 4 is 11.8 Å². The first-order chi connectivity index (χ1) is 8.22. The minimum Gasteiger partial charge on any atom is -0.378 e. The number of aromatic nitrogens is 2. The van der Waals surface area contributed by atoms with Crippen LogP contribution in [0, 0.1) is 11.3 Å². The van der Waals surface area contributed by atoms with Crippen LogP contribution in [0.5, 0.6) is 0 Å². The lowest BCUT2D eigenvalue weighted by Crippen LogP contribution is -2.43. The Labute approximate surface area is 98.6 Å². The van der Waals surface area contributed by atoms with Gasteiger partial charge in [-0.15, -0.1) is 0 Å². The van der Waals surface area contributed by atoms with Crippen molar-refractivity contribution in [3.63, 3.8) is 0 Å². The number of amides is 2. The molecule has 1 N–H and O–H groups in total. The lowest BCUT2D eigenvalue weighted by Gasteiger charge is -2.26.